The Morgan fingerprint density at radius 3 is 2.42 bits per heavy atom. The van der Waals surface area contributed by atoms with Crippen LogP contribution in [0.2, 0.25) is 0 Å². The number of nitrogen functional groups attached to an aromatic ring is 1. The first kappa shape index (κ1) is 15.2. The van der Waals surface area contributed by atoms with Gasteiger partial charge in [-0.25, -0.2) is 4.98 Å². The van der Waals surface area contributed by atoms with Crippen molar-refractivity contribution >= 4 is 11.8 Å². The molecule has 2 unspecified atom stereocenters. The molecule has 1 aromatic heterocycles. The van der Waals surface area contributed by atoms with Crippen molar-refractivity contribution in [2.24, 2.45) is 0 Å². The van der Waals surface area contributed by atoms with Crippen LogP contribution in [0.15, 0.2) is 12.1 Å². The van der Waals surface area contributed by atoms with Crippen molar-refractivity contribution in [3.05, 3.63) is 23.4 Å². The third kappa shape index (κ3) is 3.80. The van der Waals surface area contributed by atoms with Gasteiger partial charge in [0.2, 0.25) is 0 Å². The normalized spacial score (nSPS) is 15.0. The Morgan fingerprint density at radius 2 is 1.95 bits per heavy atom. The lowest BCUT2D eigenvalue weighted by molar-refractivity contribution is -0.144. The number of halogens is 3. The van der Waals surface area contributed by atoms with E-state index < -0.39 is 47.8 Å². The molecular formula is C10H11F3N2O4. The van der Waals surface area contributed by atoms with Crippen LogP contribution in [0, 0.1) is 0 Å². The minimum Gasteiger partial charge on any atom is -0.481 e. The Morgan fingerprint density at radius 1 is 1.37 bits per heavy atom. The molecule has 2 atom stereocenters. The maximum absolute atomic E-state index is 12.7. The van der Waals surface area contributed by atoms with E-state index in [0.717, 1.165) is 12.1 Å². The van der Waals surface area contributed by atoms with E-state index in [9.17, 15) is 28.2 Å². The van der Waals surface area contributed by atoms with Crippen molar-refractivity contribution in [1.82, 2.24) is 4.98 Å². The van der Waals surface area contributed by atoms with Gasteiger partial charge in [-0.05, 0) is 6.07 Å². The van der Waals surface area contributed by atoms with Gasteiger partial charge in [-0.2, -0.15) is 13.2 Å². The molecule has 0 aliphatic heterocycles. The first-order valence-electron chi connectivity index (χ1n) is 5.04. The maximum Gasteiger partial charge on any atom is 0.433 e. The lowest BCUT2D eigenvalue weighted by Crippen LogP contribution is -2.25. The van der Waals surface area contributed by atoms with Crippen LogP contribution >= 0.6 is 0 Å². The van der Waals surface area contributed by atoms with E-state index in [1.165, 1.54) is 0 Å². The highest BCUT2D eigenvalue weighted by Gasteiger charge is 2.38. The summed E-state index contributed by atoms with van der Waals surface area (Å²) in [6.07, 6.45) is -9.69. The molecule has 0 aliphatic carbocycles. The van der Waals surface area contributed by atoms with Gasteiger partial charge >= 0.3 is 12.1 Å². The maximum atomic E-state index is 12.7. The lowest BCUT2D eigenvalue weighted by atomic mass is 10.00. The molecule has 0 saturated heterocycles. The van der Waals surface area contributed by atoms with Gasteiger partial charge in [-0.15, -0.1) is 0 Å². The number of pyridine rings is 1. The van der Waals surface area contributed by atoms with E-state index in [1.54, 1.807) is 0 Å². The van der Waals surface area contributed by atoms with E-state index in [4.69, 9.17) is 10.8 Å². The molecule has 0 fully saturated rings. The Balaban J connectivity index is 3.16. The molecule has 6 nitrogen and oxygen atoms in total. The lowest BCUT2D eigenvalue weighted by Gasteiger charge is -2.20. The van der Waals surface area contributed by atoms with Crippen molar-refractivity contribution in [1.29, 1.82) is 0 Å². The second kappa shape index (κ2) is 5.41. The summed E-state index contributed by atoms with van der Waals surface area (Å²) in [5, 5.41) is 27.3. The molecule has 19 heavy (non-hydrogen) atoms. The zero-order chi connectivity index (χ0) is 14.8. The van der Waals surface area contributed by atoms with Crippen LogP contribution in [0.25, 0.3) is 0 Å². The molecule has 0 amide bonds. The standard InChI is InChI=1S/C10H11F3N2O4/c11-10(12,13)9-4(1-2-6(14)15-9)8(19)5(16)3-7(17)18/h1-2,5,8,16,19H,3H2,(H2,14,15)(H,17,18). The van der Waals surface area contributed by atoms with Gasteiger partial charge in [-0.1, -0.05) is 6.07 Å². The summed E-state index contributed by atoms with van der Waals surface area (Å²) in [5.41, 5.74) is 2.95. The molecule has 1 aromatic rings. The second-order valence-corrected chi connectivity index (χ2v) is 3.78. The van der Waals surface area contributed by atoms with E-state index in [-0.39, 0.29) is 0 Å². The fourth-order valence-corrected chi connectivity index (χ4v) is 1.45. The van der Waals surface area contributed by atoms with Gasteiger partial charge in [0.1, 0.15) is 11.9 Å². The smallest absolute Gasteiger partial charge is 0.433 e. The van der Waals surface area contributed by atoms with E-state index in [0.29, 0.717) is 0 Å². The Labute approximate surface area is 105 Å². The van der Waals surface area contributed by atoms with E-state index in [2.05, 4.69) is 4.98 Å². The highest BCUT2D eigenvalue weighted by molar-refractivity contribution is 5.67. The number of aliphatic hydroxyl groups excluding tert-OH is 2. The molecule has 0 aromatic carbocycles. The number of aliphatic carboxylic acids is 1. The fourth-order valence-electron chi connectivity index (χ4n) is 1.45. The molecule has 0 bridgehead atoms. The van der Waals surface area contributed by atoms with E-state index in [1.807, 2.05) is 0 Å². The monoisotopic (exact) mass is 280 g/mol. The fraction of sp³-hybridized carbons (Fsp3) is 0.400. The highest BCUT2D eigenvalue weighted by atomic mass is 19.4. The number of aromatic nitrogens is 1. The molecule has 0 spiro atoms. The summed E-state index contributed by atoms with van der Waals surface area (Å²) in [5.74, 6) is -1.86. The predicted octanol–water partition coefficient (Wildman–Crippen LogP) is 0.552. The molecule has 0 saturated carbocycles. The minimum atomic E-state index is -4.88. The summed E-state index contributed by atoms with van der Waals surface area (Å²) >= 11 is 0. The number of carbonyl (C=O) groups is 1. The van der Waals surface area contributed by atoms with Gasteiger partial charge in [0, 0.05) is 5.56 Å². The van der Waals surface area contributed by atoms with Crippen LogP contribution < -0.4 is 5.73 Å². The summed E-state index contributed by atoms with van der Waals surface area (Å²) < 4.78 is 38.1. The summed E-state index contributed by atoms with van der Waals surface area (Å²) in [6, 6.07) is 1.86. The number of aliphatic hydroxyl groups is 2. The number of alkyl halides is 3. The number of nitrogens with two attached hydrogens (primary N) is 1. The Kier molecular flexibility index (Phi) is 4.32. The quantitative estimate of drug-likeness (QED) is 0.640. The molecule has 0 aliphatic rings. The SMILES string of the molecule is Nc1ccc(C(O)C(O)CC(=O)O)c(C(F)(F)F)n1. The molecule has 1 rings (SSSR count). The van der Waals surface area contributed by atoms with Crippen molar-refractivity contribution in [2.45, 2.75) is 24.8 Å². The Bertz CT molecular complexity index is 478. The topological polar surface area (TPSA) is 117 Å². The minimum absolute atomic E-state index is 0.406. The second-order valence-electron chi connectivity index (χ2n) is 3.78. The van der Waals surface area contributed by atoms with Crippen LogP contribution in [0.4, 0.5) is 19.0 Å². The number of anilines is 1. The average molecular weight is 280 g/mol. The number of hydrogen-bond acceptors (Lipinski definition) is 5. The number of hydrogen-bond donors (Lipinski definition) is 4. The van der Waals surface area contributed by atoms with Gasteiger partial charge < -0.3 is 21.1 Å². The van der Waals surface area contributed by atoms with Crippen molar-refractivity contribution < 1.29 is 33.3 Å². The number of nitrogens with zero attached hydrogens (tertiary/aromatic N) is 1. The van der Waals surface area contributed by atoms with Crippen LogP contribution in [0.3, 0.4) is 0 Å². The zero-order valence-electron chi connectivity index (χ0n) is 9.42. The van der Waals surface area contributed by atoms with Crippen molar-refractivity contribution in [3.63, 3.8) is 0 Å². The van der Waals surface area contributed by atoms with Gasteiger partial charge in [-0.3, -0.25) is 4.79 Å². The third-order valence-electron chi connectivity index (χ3n) is 2.28. The third-order valence-corrected chi connectivity index (χ3v) is 2.28. The number of carboxylic acid groups (broad SMARTS) is 1. The molecular weight excluding hydrogens is 269 g/mol. The summed E-state index contributed by atoms with van der Waals surface area (Å²) in [7, 11) is 0. The van der Waals surface area contributed by atoms with Crippen LogP contribution in [-0.4, -0.2) is 32.4 Å². The van der Waals surface area contributed by atoms with Crippen molar-refractivity contribution in [3.8, 4) is 0 Å². The molecule has 5 N–H and O–H groups in total. The molecule has 9 heteroatoms. The number of rotatable bonds is 4. The van der Waals surface area contributed by atoms with Gasteiger partial charge in [0.15, 0.2) is 5.69 Å². The Hall–Kier alpha value is -1.87. The highest BCUT2D eigenvalue weighted by Crippen LogP contribution is 2.35. The average Bonchev–Trinajstić information content (AvgIpc) is 2.25. The van der Waals surface area contributed by atoms with Crippen LogP contribution in [0.5, 0.6) is 0 Å². The molecule has 106 valence electrons. The van der Waals surface area contributed by atoms with Gasteiger partial charge in [0.25, 0.3) is 0 Å². The van der Waals surface area contributed by atoms with E-state index >= 15 is 0 Å². The summed E-state index contributed by atoms with van der Waals surface area (Å²) in [4.78, 5) is 13.4. The van der Waals surface area contributed by atoms with Crippen LogP contribution in [0.1, 0.15) is 23.8 Å². The molecule has 1 heterocycles. The zero-order valence-corrected chi connectivity index (χ0v) is 9.42. The predicted molar refractivity (Wildman–Crippen MR) is 56.9 cm³/mol. The van der Waals surface area contributed by atoms with Crippen LogP contribution in [-0.2, 0) is 11.0 Å². The first-order valence-corrected chi connectivity index (χ1v) is 5.04. The van der Waals surface area contributed by atoms with Gasteiger partial charge in [0.05, 0.1) is 12.5 Å². The first-order chi connectivity index (χ1) is 8.62. The number of carboxylic acids is 1. The largest absolute Gasteiger partial charge is 0.481 e. The van der Waals surface area contributed by atoms with Crippen molar-refractivity contribution in [2.75, 3.05) is 5.73 Å². The summed E-state index contributed by atoms with van der Waals surface area (Å²) in [6.45, 7) is 0. The molecule has 0 radical (unpaired) electrons.